The van der Waals surface area contributed by atoms with Crippen molar-refractivity contribution in [1.29, 1.82) is 0 Å². The van der Waals surface area contributed by atoms with Crippen LogP contribution in [0.15, 0.2) is 40.9 Å². The molecule has 6 nitrogen and oxygen atoms in total. The molecule has 0 spiro atoms. The van der Waals surface area contributed by atoms with Crippen molar-refractivity contribution in [1.82, 2.24) is 15.8 Å². The number of furan rings is 1. The molecule has 0 aliphatic rings. The van der Waals surface area contributed by atoms with Crippen LogP contribution in [-0.2, 0) is 0 Å². The van der Waals surface area contributed by atoms with Crippen molar-refractivity contribution in [2.75, 3.05) is 0 Å². The molecule has 0 fully saturated rings. The number of carbonyl (C=O) groups is 2. The maximum absolute atomic E-state index is 12.1. The molecule has 3 aromatic rings. The second-order valence-electron chi connectivity index (χ2n) is 4.69. The summed E-state index contributed by atoms with van der Waals surface area (Å²) in [6.07, 6.45) is 1.61. The predicted octanol–water partition coefficient (Wildman–Crippen LogP) is 2.80. The summed E-state index contributed by atoms with van der Waals surface area (Å²) in [6.45, 7) is 1.75. The van der Waals surface area contributed by atoms with E-state index in [2.05, 4.69) is 15.8 Å². The van der Waals surface area contributed by atoms with Crippen LogP contribution in [0.2, 0.25) is 5.02 Å². The summed E-state index contributed by atoms with van der Waals surface area (Å²) in [5, 5.41) is 1.32. The molecule has 2 amide bonds. The summed E-state index contributed by atoms with van der Waals surface area (Å²) in [5.41, 5.74) is 6.18. The van der Waals surface area contributed by atoms with Gasteiger partial charge in [0.25, 0.3) is 5.91 Å². The third kappa shape index (κ3) is 2.56. The lowest BCUT2D eigenvalue weighted by atomic mass is 10.1. The lowest BCUT2D eigenvalue weighted by Gasteiger charge is -2.05. The number of H-pyrrole nitrogens is 1. The molecule has 0 radical (unpaired) electrons. The fraction of sp³-hybridized carbons (Fsp3) is 0.0667. The first-order valence-corrected chi connectivity index (χ1v) is 6.87. The van der Waals surface area contributed by atoms with Crippen LogP contribution in [0.4, 0.5) is 0 Å². The summed E-state index contributed by atoms with van der Waals surface area (Å²) in [5.74, 6) is -0.857. The molecule has 7 heteroatoms. The van der Waals surface area contributed by atoms with Crippen LogP contribution in [0.25, 0.3) is 11.0 Å². The van der Waals surface area contributed by atoms with Crippen molar-refractivity contribution in [2.45, 2.75) is 6.92 Å². The van der Waals surface area contributed by atoms with E-state index < -0.39 is 11.8 Å². The van der Waals surface area contributed by atoms with Crippen molar-refractivity contribution < 1.29 is 14.0 Å². The van der Waals surface area contributed by atoms with Crippen LogP contribution in [0, 0.1) is 6.92 Å². The lowest BCUT2D eigenvalue weighted by Crippen LogP contribution is -2.41. The van der Waals surface area contributed by atoms with E-state index in [0.717, 1.165) is 5.39 Å². The van der Waals surface area contributed by atoms with Gasteiger partial charge < -0.3 is 9.40 Å². The number of rotatable bonds is 2. The third-order valence-electron chi connectivity index (χ3n) is 3.24. The van der Waals surface area contributed by atoms with Gasteiger partial charge in [0.05, 0.1) is 0 Å². The van der Waals surface area contributed by atoms with Gasteiger partial charge >= 0.3 is 5.91 Å². The number of hydrogen-bond donors (Lipinski definition) is 3. The first kappa shape index (κ1) is 14.2. The van der Waals surface area contributed by atoms with Crippen LogP contribution in [-0.4, -0.2) is 16.8 Å². The Bertz CT molecular complexity index is 852. The molecule has 2 aromatic heterocycles. The number of benzene rings is 1. The summed E-state index contributed by atoms with van der Waals surface area (Å²) in [6, 6.07) is 8.38. The number of hydrazine groups is 1. The van der Waals surface area contributed by atoms with Crippen molar-refractivity contribution in [3.63, 3.8) is 0 Å². The number of halogens is 1. The van der Waals surface area contributed by atoms with E-state index in [4.69, 9.17) is 16.0 Å². The van der Waals surface area contributed by atoms with Gasteiger partial charge in [0, 0.05) is 22.2 Å². The van der Waals surface area contributed by atoms with Crippen molar-refractivity contribution in [3.05, 3.63) is 58.6 Å². The van der Waals surface area contributed by atoms with Crippen molar-refractivity contribution >= 4 is 34.4 Å². The minimum Gasteiger partial charge on any atom is -0.451 e. The molecule has 0 unspecified atom stereocenters. The highest BCUT2D eigenvalue weighted by molar-refractivity contribution is 6.31. The smallest absolute Gasteiger partial charge is 0.305 e. The Labute approximate surface area is 130 Å². The average Bonchev–Trinajstić information content (AvgIpc) is 3.14. The van der Waals surface area contributed by atoms with E-state index in [0.29, 0.717) is 21.9 Å². The molecule has 22 heavy (non-hydrogen) atoms. The minimum atomic E-state index is -0.537. The Hall–Kier alpha value is -2.73. The molecule has 0 atom stereocenters. The van der Waals surface area contributed by atoms with Gasteiger partial charge in [0.2, 0.25) is 0 Å². The van der Waals surface area contributed by atoms with Crippen LogP contribution in [0.5, 0.6) is 0 Å². The zero-order valence-corrected chi connectivity index (χ0v) is 12.3. The van der Waals surface area contributed by atoms with E-state index in [9.17, 15) is 9.59 Å². The highest BCUT2D eigenvalue weighted by atomic mass is 35.5. The Kier molecular flexibility index (Phi) is 3.60. The van der Waals surface area contributed by atoms with E-state index >= 15 is 0 Å². The average molecular weight is 318 g/mol. The SMILES string of the molecule is Cc1c(C(=O)NNC(=O)c2ccc[nH]2)oc2ccc(Cl)cc12. The molecule has 2 heterocycles. The van der Waals surface area contributed by atoms with E-state index in [-0.39, 0.29) is 5.76 Å². The number of aryl methyl sites for hydroxylation is 1. The second-order valence-corrected chi connectivity index (χ2v) is 5.13. The summed E-state index contributed by atoms with van der Waals surface area (Å²) < 4.78 is 5.51. The zero-order chi connectivity index (χ0) is 15.7. The molecule has 0 aliphatic carbocycles. The zero-order valence-electron chi connectivity index (χ0n) is 11.6. The standard InChI is InChI=1S/C15H12ClN3O3/c1-8-10-7-9(16)4-5-12(10)22-13(8)15(21)19-18-14(20)11-3-2-6-17-11/h2-7,17H,1H3,(H,18,20)(H,19,21). The van der Waals surface area contributed by atoms with Crippen LogP contribution in [0.3, 0.4) is 0 Å². The first-order valence-electron chi connectivity index (χ1n) is 6.49. The normalized spacial score (nSPS) is 10.6. The number of nitrogens with one attached hydrogen (secondary N) is 3. The molecule has 0 saturated heterocycles. The molecule has 0 bridgehead atoms. The fourth-order valence-corrected chi connectivity index (χ4v) is 2.29. The Morgan fingerprint density at radius 3 is 2.68 bits per heavy atom. The van der Waals surface area contributed by atoms with Crippen molar-refractivity contribution in [2.24, 2.45) is 0 Å². The number of carbonyl (C=O) groups excluding carboxylic acids is 2. The number of fused-ring (bicyclic) bond motifs is 1. The monoisotopic (exact) mass is 317 g/mol. The van der Waals surface area contributed by atoms with Crippen LogP contribution >= 0.6 is 11.6 Å². The maximum Gasteiger partial charge on any atom is 0.305 e. The molecule has 0 aliphatic heterocycles. The highest BCUT2D eigenvalue weighted by Crippen LogP contribution is 2.27. The number of aromatic amines is 1. The summed E-state index contributed by atoms with van der Waals surface area (Å²) in [4.78, 5) is 26.6. The molecule has 112 valence electrons. The Morgan fingerprint density at radius 1 is 1.18 bits per heavy atom. The fourth-order valence-electron chi connectivity index (χ4n) is 2.12. The van der Waals surface area contributed by atoms with E-state index in [1.165, 1.54) is 0 Å². The van der Waals surface area contributed by atoms with Crippen LogP contribution < -0.4 is 10.9 Å². The van der Waals surface area contributed by atoms with Gasteiger partial charge in [0.1, 0.15) is 11.3 Å². The molecule has 0 saturated carbocycles. The van der Waals surface area contributed by atoms with Gasteiger partial charge in [-0.3, -0.25) is 20.4 Å². The second kappa shape index (κ2) is 5.57. The Balaban J connectivity index is 1.78. The van der Waals surface area contributed by atoms with Gasteiger partial charge in [-0.25, -0.2) is 0 Å². The van der Waals surface area contributed by atoms with Gasteiger partial charge in [-0.05, 0) is 37.3 Å². The van der Waals surface area contributed by atoms with E-state index in [1.54, 1.807) is 43.5 Å². The van der Waals surface area contributed by atoms with E-state index in [1.807, 2.05) is 0 Å². The molecule has 3 rings (SSSR count). The highest BCUT2D eigenvalue weighted by Gasteiger charge is 2.18. The predicted molar refractivity (Wildman–Crippen MR) is 81.7 cm³/mol. The largest absolute Gasteiger partial charge is 0.451 e. The number of amides is 2. The lowest BCUT2D eigenvalue weighted by molar-refractivity contribution is 0.0829. The summed E-state index contributed by atoms with van der Waals surface area (Å²) >= 11 is 5.94. The minimum absolute atomic E-state index is 0.129. The van der Waals surface area contributed by atoms with Crippen LogP contribution in [0.1, 0.15) is 26.6 Å². The third-order valence-corrected chi connectivity index (χ3v) is 3.47. The Morgan fingerprint density at radius 2 is 1.95 bits per heavy atom. The van der Waals surface area contributed by atoms with Gasteiger partial charge in [0.15, 0.2) is 5.76 Å². The first-order chi connectivity index (χ1) is 10.6. The van der Waals surface area contributed by atoms with Gasteiger partial charge in [-0.15, -0.1) is 0 Å². The molecule has 1 aromatic carbocycles. The van der Waals surface area contributed by atoms with Gasteiger partial charge in [-0.2, -0.15) is 0 Å². The van der Waals surface area contributed by atoms with Crippen molar-refractivity contribution in [3.8, 4) is 0 Å². The number of aromatic nitrogens is 1. The molecular weight excluding hydrogens is 306 g/mol. The molecular formula is C15H12ClN3O3. The summed E-state index contributed by atoms with van der Waals surface area (Å²) in [7, 11) is 0. The molecule has 3 N–H and O–H groups in total. The maximum atomic E-state index is 12.1. The quantitative estimate of drug-likeness (QED) is 0.635. The van der Waals surface area contributed by atoms with Gasteiger partial charge in [-0.1, -0.05) is 11.6 Å². The number of hydrogen-bond acceptors (Lipinski definition) is 3. The topological polar surface area (TPSA) is 87.1 Å².